The lowest BCUT2D eigenvalue weighted by molar-refractivity contribution is 0.0954. The van der Waals surface area contributed by atoms with Gasteiger partial charge in [0.2, 0.25) is 0 Å². The van der Waals surface area contributed by atoms with E-state index in [1.807, 2.05) is 35.0 Å². The fourth-order valence-electron chi connectivity index (χ4n) is 2.81. The number of aromatic amines is 1. The molecule has 4 aromatic rings. The van der Waals surface area contributed by atoms with Crippen molar-refractivity contribution in [2.24, 2.45) is 0 Å². The zero-order valence-corrected chi connectivity index (χ0v) is 12.5. The van der Waals surface area contributed by atoms with Crippen molar-refractivity contribution in [3.63, 3.8) is 0 Å². The van der Waals surface area contributed by atoms with Crippen LogP contribution >= 0.6 is 0 Å². The summed E-state index contributed by atoms with van der Waals surface area (Å²) in [5.41, 5.74) is 3.90. The van der Waals surface area contributed by atoms with Gasteiger partial charge < -0.3 is 14.7 Å². The Kier molecular flexibility index (Phi) is 3.31. The first-order valence-electron chi connectivity index (χ1n) is 7.56. The lowest BCUT2D eigenvalue weighted by atomic mass is 10.1. The highest BCUT2D eigenvalue weighted by molar-refractivity contribution is 5.95. The largest absolute Gasteiger partial charge is 0.361 e. The molecule has 1 amide bonds. The molecule has 0 unspecified atom stereocenters. The van der Waals surface area contributed by atoms with Crippen LogP contribution in [0.3, 0.4) is 0 Å². The third-order valence-electron chi connectivity index (χ3n) is 4.03. The monoisotopic (exact) mass is 304 g/mol. The first-order chi connectivity index (χ1) is 11.3. The Morgan fingerprint density at radius 3 is 3.13 bits per heavy atom. The summed E-state index contributed by atoms with van der Waals surface area (Å²) in [7, 11) is 0. The van der Waals surface area contributed by atoms with E-state index in [0.717, 1.165) is 17.5 Å². The highest BCUT2D eigenvalue weighted by Crippen LogP contribution is 2.17. The molecule has 0 saturated heterocycles. The molecule has 0 fully saturated rings. The second-order valence-corrected chi connectivity index (χ2v) is 5.51. The lowest BCUT2D eigenvalue weighted by Gasteiger charge is -2.05. The fourth-order valence-corrected chi connectivity index (χ4v) is 2.81. The number of aromatic nitrogens is 3. The predicted octanol–water partition coefficient (Wildman–Crippen LogP) is 2.79. The summed E-state index contributed by atoms with van der Waals surface area (Å²) in [5, 5.41) is 4.19. The quantitative estimate of drug-likeness (QED) is 0.609. The van der Waals surface area contributed by atoms with Crippen molar-refractivity contribution in [1.82, 2.24) is 19.7 Å². The van der Waals surface area contributed by atoms with Crippen molar-refractivity contribution in [3.05, 3.63) is 72.4 Å². The van der Waals surface area contributed by atoms with E-state index < -0.39 is 0 Å². The molecule has 4 rings (SSSR count). The van der Waals surface area contributed by atoms with Crippen LogP contribution in [0.1, 0.15) is 15.9 Å². The van der Waals surface area contributed by atoms with Gasteiger partial charge in [0.1, 0.15) is 0 Å². The van der Waals surface area contributed by atoms with Crippen LogP contribution in [0, 0.1) is 0 Å². The Hall–Kier alpha value is -3.08. The Labute approximate surface area is 133 Å². The van der Waals surface area contributed by atoms with Crippen molar-refractivity contribution in [1.29, 1.82) is 0 Å². The molecule has 0 saturated carbocycles. The molecule has 0 spiro atoms. The van der Waals surface area contributed by atoms with Gasteiger partial charge in [0.25, 0.3) is 5.91 Å². The molecule has 0 radical (unpaired) electrons. The molecule has 23 heavy (non-hydrogen) atoms. The summed E-state index contributed by atoms with van der Waals surface area (Å²) in [5.74, 6) is -0.0615. The highest BCUT2D eigenvalue weighted by Gasteiger charge is 2.07. The number of pyridine rings is 1. The van der Waals surface area contributed by atoms with Crippen LogP contribution in [-0.4, -0.2) is 26.8 Å². The smallest absolute Gasteiger partial charge is 0.251 e. The van der Waals surface area contributed by atoms with Gasteiger partial charge in [0.05, 0.1) is 18.0 Å². The number of imidazole rings is 1. The molecule has 5 nitrogen and oxygen atoms in total. The van der Waals surface area contributed by atoms with Gasteiger partial charge in [-0.15, -0.1) is 0 Å². The number of carbonyl (C=O) groups is 1. The molecule has 0 aliphatic rings. The third kappa shape index (κ3) is 2.57. The van der Waals surface area contributed by atoms with Crippen LogP contribution < -0.4 is 5.32 Å². The summed E-state index contributed by atoms with van der Waals surface area (Å²) in [6.07, 6.45) is 8.10. The van der Waals surface area contributed by atoms with Crippen LogP contribution in [0.15, 0.2) is 61.3 Å². The molecular weight excluding hydrogens is 288 g/mol. The Bertz CT molecular complexity index is 983. The SMILES string of the molecule is O=C(NCCc1c[nH]c2ccccc12)c1ccn2cncc2c1. The maximum atomic E-state index is 12.3. The second kappa shape index (κ2) is 5.61. The van der Waals surface area contributed by atoms with Crippen LogP contribution in [0.2, 0.25) is 0 Å². The Morgan fingerprint density at radius 1 is 1.26 bits per heavy atom. The topological polar surface area (TPSA) is 62.2 Å². The zero-order chi connectivity index (χ0) is 15.6. The number of nitrogens with one attached hydrogen (secondary N) is 2. The van der Waals surface area contributed by atoms with E-state index in [0.29, 0.717) is 12.1 Å². The summed E-state index contributed by atoms with van der Waals surface area (Å²) >= 11 is 0. The van der Waals surface area contributed by atoms with Crippen molar-refractivity contribution in [3.8, 4) is 0 Å². The van der Waals surface area contributed by atoms with E-state index in [4.69, 9.17) is 0 Å². The molecule has 0 bridgehead atoms. The number of benzene rings is 1. The summed E-state index contributed by atoms with van der Waals surface area (Å²) in [6, 6.07) is 11.8. The molecule has 0 aliphatic heterocycles. The maximum Gasteiger partial charge on any atom is 0.251 e. The Morgan fingerprint density at radius 2 is 2.17 bits per heavy atom. The van der Waals surface area contributed by atoms with E-state index in [-0.39, 0.29) is 5.91 Å². The summed E-state index contributed by atoms with van der Waals surface area (Å²) < 4.78 is 1.88. The number of H-pyrrole nitrogens is 1. The van der Waals surface area contributed by atoms with E-state index in [2.05, 4.69) is 27.4 Å². The van der Waals surface area contributed by atoms with Gasteiger partial charge >= 0.3 is 0 Å². The van der Waals surface area contributed by atoms with Gasteiger partial charge in [-0.2, -0.15) is 0 Å². The molecular formula is C18H16N4O. The Balaban J connectivity index is 1.43. The molecule has 0 aliphatic carbocycles. The van der Waals surface area contributed by atoms with Gasteiger partial charge in [-0.05, 0) is 30.2 Å². The second-order valence-electron chi connectivity index (χ2n) is 5.51. The minimum Gasteiger partial charge on any atom is -0.361 e. The number of hydrogen-bond acceptors (Lipinski definition) is 2. The third-order valence-corrected chi connectivity index (χ3v) is 4.03. The van der Waals surface area contributed by atoms with E-state index in [1.165, 1.54) is 10.9 Å². The van der Waals surface area contributed by atoms with Gasteiger partial charge in [-0.3, -0.25) is 4.79 Å². The molecule has 2 N–H and O–H groups in total. The van der Waals surface area contributed by atoms with Crippen molar-refractivity contribution < 1.29 is 4.79 Å². The van der Waals surface area contributed by atoms with Gasteiger partial charge in [0, 0.05) is 35.4 Å². The number of hydrogen-bond donors (Lipinski definition) is 2. The summed E-state index contributed by atoms with van der Waals surface area (Å²) in [6.45, 7) is 0.602. The number of amides is 1. The van der Waals surface area contributed by atoms with Crippen LogP contribution in [0.5, 0.6) is 0 Å². The average molecular weight is 304 g/mol. The first kappa shape index (κ1) is 13.6. The van der Waals surface area contributed by atoms with Crippen molar-refractivity contribution >= 4 is 22.3 Å². The van der Waals surface area contributed by atoms with E-state index >= 15 is 0 Å². The van der Waals surface area contributed by atoms with Crippen LogP contribution in [0.4, 0.5) is 0 Å². The van der Waals surface area contributed by atoms with Crippen molar-refractivity contribution in [2.75, 3.05) is 6.54 Å². The van der Waals surface area contributed by atoms with E-state index in [1.54, 1.807) is 18.6 Å². The normalized spacial score (nSPS) is 11.1. The highest BCUT2D eigenvalue weighted by atomic mass is 16.1. The fraction of sp³-hybridized carbons (Fsp3) is 0.111. The maximum absolute atomic E-state index is 12.3. The molecule has 0 atom stereocenters. The molecule has 5 heteroatoms. The molecule has 3 heterocycles. The molecule has 1 aromatic carbocycles. The predicted molar refractivity (Wildman–Crippen MR) is 89.5 cm³/mol. The minimum absolute atomic E-state index is 0.0615. The lowest BCUT2D eigenvalue weighted by Crippen LogP contribution is -2.25. The average Bonchev–Trinajstić information content (AvgIpc) is 3.21. The number of fused-ring (bicyclic) bond motifs is 2. The van der Waals surface area contributed by atoms with Gasteiger partial charge in [-0.25, -0.2) is 4.98 Å². The number of carbonyl (C=O) groups excluding carboxylic acids is 1. The minimum atomic E-state index is -0.0615. The number of rotatable bonds is 4. The van der Waals surface area contributed by atoms with Crippen LogP contribution in [-0.2, 0) is 6.42 Å². The molecule has 3 aromatic heterocycles. The summed E-state index contributed by atoms with van der Waals surface area (Å²) in [4.78, 5) is 19.6. The van der Waals surface area contributed by atoms with Crippen molar-refractivity contribution in [2.45, 2.75) is 6.42 Å². The standard InChI is InChI=1S/C18H16N4O/c23-18(13-6-8-22-12-19-11-15(22)9-13)20-7-5-14-10-21-17-4-2-1-3-16(14)17/h1-4,6,8-12,21H,5,7H2,(H,20,23). The molecule has 114 valence electrons. The van der Waals surface area contributed by atoms with Gasteiger partial charge in [0.15, 0.2) is 0 Å². The van der Waals surface area contributed by atoms with Gasteiger partial charge in [-0.1, -0.05) is 18.2 Å². The number of nitrogens with zero attached hydrogens (tertiary/aromatic N) is 2. The van der Waals surface area contributed by atoms with E-state index in [9.17, 15) is 4.79 Å². The number of para-hydroxylation sites is 1. The first-order valence-corrected chi connectivity index (χ1v) is 7.56. The zero-order valence-electron chi connectivity index (χ0n) is 12.5. The van der Waals surface area contributed by atoms with Crippen LogP contribution in [0.25, 0.3) is 16.4 Å².